The zero-order chi connectivity index (χ0) is 30.5. The number of aromatic nitrogens is 3. The third-order valence-corrected chi connectivity index (χ3v) is 12.4. The molecule has 3 rings (SSSR count). The molecule has 0 atom stereocenters. The van der Waals surface area contributed by atoms with Crippen molar-refractivity contribution in [2.24, 2.45) is 0 Å². The van der Waals surface area contributed by atoms with Gasteiger partial charge in [-0.2, -0.15) is 15.0 Å². The Labute approximate surface area is 282 Å². The number of halogens is 12. The molecule has 0 saturated heterocycles. The highest BCUT2D eigenvalue weighted by Gasteiger charge is 2.47. The van der Waals surface area contributed by atoms with Crippen molar-refractivity contribution in [1.29, 1.82) is 0 Å². The zero-order valence-corrected chi connectivity index (χ0v) is 29.0. The van der Waals surface area contributed by atoms with E-state index in [1.54, 1.807) is 14.2 Å². The van der Waals surface area contributed by atoms with Crippen molar-refractivity contribution < 1.29 is 9.84 Å². The van der Waals surface area contributed by atoms with Crippen LogP contribution >= 0.6 is 139 Å². The van der Waals surface area contributed by atoms with E-state index in [0.717, 1.165) is 7.11 Å². The zero-order valence-electron chi connectivity index (χ0n) is 19.9. The highest BCUT2D eigenvalue weighted by molar-refractivity contribution is 6.46. The monoisotopic (exact) mass is 780 g/mol. The number of ether oxygens (including phenoxy) is 1. The number of rotatable bonds is 0. The minimum absolute atomic E-state index is 0.0417. The van der Waals surface area contributed by atoms with Gasteiger partial charge in [-0.25, -0.2) is 0 Å². The average Bonchev–Trinajstić information content (AvgIpc) is 2.88. The third-order valence-electron chi connectivity index (χ3n) is 4.34. The van der Waals surface area contributed by atoms with Crippen molar-refractivity contribution in [2.75, 3.05) is 38.5 Å². The van der Waals surface area contributed by atoms with Gasteiger partial charge in [0.1, 0.15) is 0 Å². The maximum absolute atomic E-state index is 7.00. The summed E-state index contributed by atoms with van der Waals surface area (Å²) in [6.45, 7) is 0. The van der Waals surface area contributed by atoms with Crippen LogP contribution in [0.25, 0.3) is 0 Å². The number of anilines is 3. The third kappa shape index (κ3) is 13.4. The standard InChI is InChI=1S/2C6H6Cl6.C3H6N6.C2H6O.CH4O/c2*7-1-2(8)4(10)6(12)5(11)3(1)9;4-1-7-2(5)9-3(6)8-1;1-3-2;1-2/h2*1-6H;(H6,4,5,6,7,8,9);1-2H3;2H,1H3/t2*1-,2-,3-,4+,5+,6+;;;. The smallest absolute Gasteiger partial charge is 0.226 e. The van der Waals surface area contributed by atoms with Gasteiger partial charge in [-0.05, 0) is 0 Å². The van der Waals surface area contributed by atoms with E-state index in [4.69, 9.17) is 162 Å². The number of hydrogen-bond donors (Lipinski definition) is 4. The molecule has 226 valence electrons. The normalized spacial score (nSPS) is 37.9. The minimum atomic E-state index is -0.437. The molecule has 0 amide bonds. The topological polar surface area (TPSA) is 146 Å². The Morgan fingerprint density at radius 1 is 0.421 bits per heavy atom. The molecule has 2 aliphatic rings. The van der Waals surface area contributed by atoms with Crippen LogP contribution in [0, 0.1) is 0 Å². The summed E-state index contributed by atoms with van der Waals surface area (Å²) in [7, 11) is 4.25. The van der Waals surface area contributed by atoms with E-state index >= 15 is 0 Å². The van der Waals surface area contributed by atoms with E-state index in [2.05, 4.69) is 19.7 Å². The first-order chi connectivity index (χ1) is 17.5. The van der Waals surface area contributed by atoms with E-state index in [9.17, 15) is 0 Å². The second-order valence-electron chi connectivity index (χ2n) is 7.15. The molecule has 0 bridgehead atoms. The first-order valence-electron chi connectivity index (χ1n) is 10.1. The maximum atomic E-state index is 7.00. The van der Waals surface area contributed by atoms with E-state index in [0.29, 0.717) is 0 Å². The Kier molecular flexibility index (Phi) is 23.7. The van der Waals surface area contributed by atoms with Crippen molar-refractivity contribution in [3.63, 3.8) is 0 Å². The molecular formula is C18H28Cl12N6O2. The molecule has 0 spiro atoms. The summed E-state index contributed by atoms with van der Waals surface area (Å²) in [6.07, 6.45) is 0. The molecule has 20 heteroatoms. The highest BCUT2D eigenvalue weighted by Crippen LogP contribution is 2.40. The fourth-order valence-electron chi connectivity index (χ4n) is 2.53. The summed E-state index contributed by atoms with van der Waals surface area (Å²) in [6, 6.07) is 0. The lowest BCUT2D eigenvalue weighted by atomic mass is 9.97. The van der Waals surface area contributed by atoms with E-state index in [1.807, 2.05) is 0 Å². The van der Waals surface area contributed by atoms with Crippen LogP contribution in [0.3, 0.4) is 0 Å². The molecular weight excluding hydrogens is 758 g/mol. The van der Waals surface area contributed by atoms with Gasteiger partial charge in [0.15, 0.2) is 0 Å². The van der Waals surface area contributed by atoms with Gasteiger partial charge in [0.25, 0.3) is 0 Å². The predicted octanol–water partition coefficient (Wildman–Crippen LogP) is 5.78. The van der Waals surface area contributed by atoms with Crippen LogP contribution in [0.5, 0.6) is 0 Å². The quantitative estimate of drug-likeness (QED) is 0.243. The van der Waals surface area contributed by atoms with Crippen molar-refractivity contribution in [3.05, 3.63) is 0 Å². The van der Waals surface area contributed by atoms with Crippen molar-refractivity contribution >= 4 is 157 Å². The molecule has 2 fully saturated rings. The Morgan fingerprint density at radius 2 is 0.500 bits per heavy atom. The number of aliphatic hydroxyl groups excluding tert-OH is 1. The summed E-state index contributed by atoms with van der Waals surface area (Å²) in [5.74, 6) is 0.125. The second kappa shape index (κ2) is 21.5. The molecule has 2 saturated carbocycles. The lowest BCUT2D eigenvalue weighted by molar-refractivity contribution is 0.277. The molecule has 0 unspecified atom stereocenters. The molecule has 1 aromatic rings. The van der Waals surface area contributed by atoms with Crippen LogP contribution in [-0.4, -0.2) is 106 Å². The maximum Gasteiger partial charge on any atom is 0.226 e. The van der Waals surface area contributed by atoms with Crippen LogP contribution in [-0.2, 0) is 4.74 Å². The minimum Gasteiger partial charge on any atom is -0.400 e. The molecule has 0 aromatic carbocycles. The Hall–Kier alpha value is 1.81. The SMILES string of the molecule is CO.COC.Cl[C@H]1[C@H](Cl)[C@@H](Cl)[C@@H](Cl)[C@H](Cl)[C@H]1Cl.Cl[C@H]1[C@H](Cl)[C@@H](Cl)[C@@H](Cl)[C@H](Cl)[C@H]1Cl.Nc1nc(N)nc(N)n1. The fourth-order valence-corrected chi connectivity index (χ4v) is 7.19. The van der Waals surface area contributed by atoms with Gasteiger partial charge in [-0.1, -0.05) is 0 Å². The van der Waals surface area contributed by atoms with Gasteiger partial charge in [0.2, 0.25) is 17.8 Å². The first kappa shape index (κ1) is 41.9. The number of nitrogens with zero attached hydrogens (tertiary/aromatic N) is 3. The molecule has 2 aliphatic carbocycles. The van der Waals surface area contributed by atoms with Gasteiger partial charge in [0.05, 0.1) is 64.5 Å². The van der Waals surface area contributed by atoms with Gasteiger partial charge in [-0.15, -0.1) is 139 Å². The lowest BCUT2D eigenvalue weighted by Crippen LogP contribution is -2.52. The van der Waals surface area contributed by atoms with Gasteiger partial charge in [-0.3, -0.25) is 0 Å². The fraction of sp³-hybridized carbons (Fsp3) is 0.833. The number of hydrogen-bond acceptors (Lipinski definition) is 8. The number of alkyl halides is 12. The molecule has 1 aromatic heterocycles. The summed E-state index contributed by atoms with van der Waals surface area (Å²) in [5.41, 5.74) is 15.4. The van der Waals surface area contributed by atoms with Crippen LogP contribution in [0.1, 0.15) is 0 Å². The molecule has 8 nitrogen and oxygen atoms in total. The van der Waals surface area contributed by atoms with Gasteiger partial charge >= 0.3 is 0 Å². The highest BCUT2D eigenvalue weighted by atomic mass is 35.5. The lowest BCUT2D eigenvalue weighted by Gasteiger charge is -2.37. The Bertz CT molecular complexity index is 577. The van der Waals surface area contributed by atoms with E-state index in [1.165, 1.54) is 0 Å². The molecule has 0 radical (unpaired) electrons. The van der Waals surface area contributed by atoms with Crippen molar-refractivity contribution in [2.45, 2.75) is 64.5 Å². The van der Waals surface area contributed by atoms with Crippen LogP contribution in [0.15, 0.2) is 0 Å². The van der Waals surface area contributed by atoms with E-state index in [-0.39, 0.29) is 17.8 Å². The molecule has 0 aliphatic heterocycles. The largest absolute Gasteiger partial charge is 0.400 e. The summed E-state index contributed by atoms with van der Waals surface area (Å²) in [5, 5.41) is 1.76. The molecule has 1 heterocycles. The predicted molar refractivity (Wildman–Crippen MR) is 170 cm³/mol. The van der Waals surface area contributed by atoms with Gasteiger partial charge < -0.3 is 27.0 Å². The Morgan fingerprint density at radius 3 is 0.579 bits per heavy atom. The van der Waals surface area contributed by atoms with Crippen LogP contribution in [0.2, 0.25) is 0 Å². The van der Waals surface area contributed by atoms with Crippen LogP contribution < -0.4 is 17.2 Å². The Balaban J connectivity index is 0. The van der Waals surface area contributed by atoms with E-state index < -0.39 is 64.5 Å². The second-order valence-corrected chi connectivity index (χ2v) is 13.2. The van der Waals surface area contributed by atoms with Crippen LogP contribution in [0.4, 0.5) is 17.8 Å². The first-order valence-corrected chi connectivity index (χ1v) is 15.3. The summed E-state index contributed by atoms with van der Waals surface area (Å²) < 4.78 is 4.25. The number of aliphatic hydroxyl groups is 1. The number of nitrogens with two attached hydrogens (primary N) is 3. The summed E-state index contributed by atoms with van der Waals surface area (Å²) >= 11 is 70.6. The number of methoxy groups -OCH3 is 1. The average molecular weight is 786 g/mol. The number of nitrogen functional groups attached to an aromatic ring is 3. The van der Waals surface area contributed by atoms with Crippen molar-refractivity contribution in [1.82, 2.24) is 15.0 Å². The summed E-state index contributed by atoms with van der Waals surface area (Å²) in [4.78, 5) is 10.5. The van der Waals surface area contributed by atoms with Gasteiger partial charge in [0, 0.05) is 21.3 Å². The molecule has 38 heavy (non-hydrogen) atoms. The van der Waals surface area contributed by atoms with Crippen molar-refractivity contribution in [3.8, 4) is 0 Å². The molecule has 7 N–H and O–H groups in total.